The first-order valence-corrected chi connectivity index (χ1v) is 4.08. The fourth-order valence-corrected chi connectivity index (χ4v) is 1.21. The van der Waals surface area contributed by atoms with Crippen LogP contribution in [0.4, 0.5) is 0 Å². The normalized spacial score (nSPS) is 23.9. The summed E-state index contributed by atoms with van der Waals surface area (Å²) in [6.07, 6.45) is 1.81. The molecule has 3 heteroatoms. The predicted octanol–water partition coefficient (Wildman–Crippen LogP) is 1.02. The highest BCUT2D eigenvalue weighted by Gasteiger charge is 2.27. The van der Waals surface area contributed by atoms with Gasteiger partial charge in [-0.3, -0.25) is 10.1 Å². The number of rotatable bonds is 1. The molecule has 0 fully saturated rings. The van der Waals surface area contributed by atoms with E-state index in [0.717, 1.165) is 0 Å². The number of hydrogen-bond donors (Lipinski definition) is 2. The number of carbonyl (C=O) groups is 1. The van der Waals surface area contributed by atoms with E-state index in [0.29, 0.717) is 6.54 Å². The Hall–Kier alpha value is -0.830. The van der Waals surface area contributed by atoms with Crippen molar-refractivity contribution in [2.24, 2.45) is 5.41 Å². The smallest absolute Gasteiger partial charge is 0.324 e. The van der Waals surface area contributed by atoms with Gasteiger partial charge in [-0.15, -0.1) is 0 Å². The van der Waals surface area contributed by atoms with Crippen LogP contribution >= 0.6 is 0 Å². The second kappa shape index (κ2) is 2.90. The quantitative estimate of drug-likeness (QED) is 0.576. The molecule has 0 saturated heterocycles. The van der Waals surface area contributed by atoms with Gasteiger partial charge in [0.2, 0.25) is 0 Å². The molecule has 3 nitrogen and oxygen atoms in total. The number of carboxylic acid groups (broad SMARTS) is 1. The van der Waals surface area contributed by atoms with E-state index in [1.54, 1.807) is 0 Å². The summed E-state index contributed by atoms with van der Waals surface area (Å²) in [7, 11) is 0. The van der Waals surface area contributed by atoms with Crippen LogP contribution in [0, 0.1) is 5.41 Å². The highest BCUT2D eigenvalue weighted by molar-refractivity contribution is 5.77. The van der Waals surface area contributed by atoms with Gasteiger partial charge < -0.3 is 5.11 Å². The van der Waals surface area contributed by atoms with Gasteiger partial charge in [-0.1, -0.05) is 32.4 Å². The molecule has 0 spiro atoms. The zero-order valence-electron chi connectivity index (χ0n) is 7.72. The molecule has 0 bridgehead atoms. The van der Waals surface area contributed by atoms with Crippen LogP contribution in [0.5, 0.6) is 0 Å². The van der Waals surface area contributed by atoms with Crippen LogP contribution in [-0.4, -0.2) is 23.7 Å². The molecule has 1 atom stereocenters. The third kappa shape index (κ3) is 1.85. The van der Waals surface area contributed by atoms with Crippen molar-refractivity contribution in [1.29, 1.82) is 0 Å². The standard InChI is InChI=1S/C9H15NO2/c1-9(2,3)6-4-7(8(11)12)10-5-6/h4,7,10H,5H2,1-3H3,(H,11,12)/t7-/m0/s1. The van der Waals surface area contributed by atoms with E-state index in [1.807, 2.05) is 6.08 Å². The van der Waals surface area contributed by atoms with Crippen LogP contribution in [0.2, 0.25) is 0 Å². The van der Waals surface area contributed by atoms with Crippen LogP contribution < -0.4 is 5.32 Å². The molecule has 0 aromatic heterocycles. The Morgan fingerprint density at radius 3 is 2.50 bits per heavy atom. The molecule has 1 aliphatic heterocycles. The average Bonchev–Trinajstić information content (AvgIpc) is 2.30. The Bertz CT molecular complexity index is 225. The van der Waals surface area contributed by atoms with Gasteiger partial charge in [0.1, 0.15) is 6.04 Å². The number of carboxylic acids is 1. The molecule has 0 radical (unpaired) electrons. The molecular weight excluding hydrogens is 154 g/mol. The Kier molecular flexibility index (Phi) is 2.24. The zero-order valence-corrected chi connectivity index (χ0v) is 7.72. The lowest BCUT2D eigenvalue weighted by Gasteiger charge is -2.19. The molecule has 0 amide bonds. The van der Waals surface area contributed by atoms with E-state index in [-0.39, 0.29) is 5.41 Å². The summed E-state index contributed by atoms with van der Waals surface area (Å²) in [5.74, 6) is -0.797. The van der Waals surface area contributed by atoms with Crippen LogP contribution in [0.15, 0.2) is 11.6 Å². The molecule has 0 saturated carbocycles. The summed E-state index contributed by atoms with van der Waals surface area (Å²) in [5.41, 5.74) is 1.26. The molecule has 12 heavy (non-hydrogen) atoms. The Morgan fingerprint density at radius 1 is 1.67 bits per heavy atom. The maximum absolute atomic E-state index is 10.6. The molecule has 2 N–H and O–H groups in total. The van der Waals surface area contributed by atoms with Crippen LogP contribution in [-0.2, 0) is 4.79 Å². The Balaban J connectivity index is 2.73. The van der Waals surface area contributed by atoms with Crippen molar-refractivity contribution in [2.45, 2.75) is 26.8 Å². The highest BCUT2D eigenvalue weighted by atomic mass is 16.4. The van der Waals surface area contributed by atoms with Crippen molar-refractivity contribution >= 4 is 5.97 Å². The highest BCUT2D eigenvalue weighted by Crippen LogP contribution is 2.27. The first-order chi connectivity index (χ1) is 5.41. The summed E-state index contributed by atoms with van der Waals surface area (Å²) in [6.45, 7) is 6.96. The van der Waals surface area contributed by atoms with E-state index in [2.05, 4.69) is 26.1 Å². The van der Waals surface area contributed by atoms with E-state index in [4.69, 9.17) is 5.11 Å². The summed E-state index contributed by atoms with van der Waals surface area (Å²) in [5, 5.41) is 11.6. The maximum Gasteiger partial charge on any atom is 0.324 e. The summed E-state index contributed by atoms with van der Waals surface area (Å²) in [4.78, 5) is 10.6. The number of hydrogen-bond acceptors (Lipinski definition) is 2. The van der Waals surface area contributed by atoms with Crippen molar-refractivity contribution in [3.63, 3.8) is 0 Å². The molecule has 1 aliphatic rings. The van der Waals surface area contributed by atoms with Gasteiger partial charge in [-0.05, 0) is 5.41 Å². The van der Waals surface area contributed by atoms with Gasteiger partial charge in [-0.2, -0.15) is 0 Å². The van der Waals surface area contributed by atoms with Gasteiger partial charge in [0.25, 0.3) is 0 Å². The average molecular weight is 169 g/mol. The van der Waals surface area contributed by atoms with Crippen molar-refractivity contribution in [1.82, 2.24) is 5.32 Å². The predicted molar refractivity (Wildman–Crippen MR) is 47.0 cm³/mol. The lowest BCUT2D eigenvalue weighted by atomic mass is 9.87. The molecule has 0 aliphatic carbocycles. The van der Waals surface area contributed by atoms with Crippen LogP contribution in [0.1, 0.15) is 20.8 Å². The van der Waals surface area contributed by atoms with Crippen LogP contribution in [0.25, 0.3) is 0 Å². The number of aliphatic carboxylic acids is 1. The second-order valence-corrected chi connectivity index (χ2v) is 4.14. The Morgan fingerprint density at radius 2 is 2.25 bits per heavy atom. The van der Waals surface area contributed by atoms with Crippen molar-refractivity contribution < 1.29 is 9.90 Å². The van der Waals surface area contributed by atoms with Crippen molar-refractivity contribution in [3.8, 4) is 0 Å². The van der Waals surface area contributed by atoms with Gasteiger partial charge in [0.15, 0.2) is 0 Å². The molecule has 68 valence electrons. The fourth-order valence-electron chi connectivity index (χ4n) is 1.21. The van der Waals surface area contributed by atoms with Gasteiger partial charge in [-0.25, -0.2) is 0 Å². The van der Waals surface area contributed by atoms with E-state index in [1.165, 1.54) is 5.57 Å². The van der Waals surface area contributed by atoms with Gasteiger partial charge in [0.05, 0.1) is 0 Å². The summed E-state index contributed by atoms with van der Waals surface area (Å²) >= 11 is 0. The lowest BCUT2D eigenvalue weighted by molar-refractivity contribution is -0.137. The molecule has 1 rings (SSSR count). The number of nitrogens with one attached hydrogen (secondary N) is 1. The van der Waals surface area contributed by atoms with E-state index in [9.17, 15) is 4.79 Å². The lowest BCUT2D eigenvalue weighted by Crippen LogP contribution is -2.30. The summed E-state index contributed by atoms with van der Waals surface area (Å²) < 4.78 is 0. The van der Waals surface area contributed by atoms with Crippen molar-refractivity contribution in [3.05, 3.63) is 11.6 Å². The van der Waals surface area contributed by atoms with Gasteiger partial charge >= 0.3 is 5.97 Å². The summed E-state index contributed by atoms with van der Waals surface area (Å²) in [6, 6.07) is -0.487. The topological polar surface area (TPSA) is 49.3 Å². The monoisotopic (exact) mass is 169 g/mol. The third-order valence-corrected chi connectivity index (χ3v) is 2.11. The molecular formula is C9H15NO2. The first-order valence-electron chi connectivity index (χ1n) is 4.08. The molecule has 0 aromatic rings. The zero-order chi connectivity index (χ0) is 9.35. The SMILES string of the molecule is CC(C)(C)C1=C[C@@H](C(=O)O)NC1. The minimum Gasteiger partial charge on any atom is -0.480 e. The second-order valence-electron chi connectivity index (χ2n) is 4.14. The van der Waals surface area contributed by atoms with E-state index < -0.39 is 12.0 Å². The van der Waals surface area contributed by atoms with E-state index >= 15 is 0 Å². The van der Waals surface area contributed by atoms with Gasteiger partial charge in [0, 0.05) is 6.54 Å². The Labute approximate surface area is 72.5 Å². The fraction of sp³-hybridized carbons (Fsp3) is 0.667. The largest absolute Gasteiger partial charge is 0.480 e. The minimum atomic E-state index is -0.797. The minimum absolute atomic E-state index is 0.0806. The molecule has 0 unspecified atom stereocenters. The molecule has 1 heterocycles. The first kappa shape index (κ1) is 9.26. The van der Waals surface area contributed by atoms with Crippen LogP contribution in [0.3, 0.4) is 0 Å². The maximum atomic E-state index is 10.6. The van der Waals surface area contributed by atoms with Crippen molar-refractivity contribution in [2.75, 3.05) is 6.54 Å². The third-order valence-electron chi connectivity index (χ3n) is 2.11. The molecule has 0 aromatic carbocycles.